The molecular weight excluding hydrogens is 296 g/mol. The highest BCUT2D eigenvalue weighted by Gasteiger charge is 2.23. The van der Waals surface area contributed by atoms with Crippen LogP contribution in [0.2, 0.25) is 0 Å². The molecule has 23 heavy (non-hydrogen) atoms. The van der Waals surface area contributed by atoms with E-state index in [9.17, 15) is 14.4 Å². The van der Waals surface area contributed by atoms with Crippen molar-refractivity contribution >= 4 is 16.8 Å². The first-order valence-electron chi connectivity index (χ1n) is 7.77. The summed E-state index contributed by atoms with van der Waals surface area (Å²) in [5.41, 5.74) is -0.497. The van der Waals surface area contributed by atoms with Gasteiger partial charge in [-0.25, -0.2) is 4.79 Å². The van der Waals surface area contributed by atoms with Crippen molar-refractivity contribution < 1.29 is 4.79 Å². The molecule has 1 unspecified atom stereocenters. The minimum Gasteiger partial charge on any atom is -0.340 e. The van der Waals surface area contributed by atoms with E-state index in [1.807, 2.05) is 7.05 Å². The molecule has 1 atom stereocenters. The van der Waals surface area contributed by atoms with Crippen molar-refractivity contribution in [2.75, 3.05) is 20.1 Å². The van der Waals surface area contributed by atoms with Gasteiger partial charge in [-0.15, -0.1) is 0 Å². The topological polar surface area (TPSA) is 87.2 Å². The van der Waals surface area contributed by atoms with Crippen molar-refractivity contribution in [1.82, 2.24) is 19.8 Å². The number of H-pyrrole nitrogens is 1. The van der Waals surface area contributed by atoms with Crippen LogP contribution in [0.4, 0.5) is 0 Å². The molecular formula is C16H20N4O3. The monoisotopic (exact) mass is 316 g/mol. The Kier molecular flexibility index (Phi) is 4.29. The first kappa shape index (κ1) is 15.5. The number of aromatic amines is 1. The number of piperidine rings is 1. The molecule has 1 amide bonds. The lowest BCUT2D eigenvalue weighted by Crippen LogP contribution is -2.49. The molecule has 0 radical (unpaired) electrons. The SMILES string of the molecule is CNC1CCCN(C(=O)Cn2c(=O)[nH]c3ccccc3c2=O)C1. The molecule has 1 aromatic carbocycles. The van der Waals surface area contributed by atoms with Gasteiger partial charge in [0.2, 0.25) is 5.91 Å². The molecule has 1 saturated heterocycles. The quantitative estimate of drug-likeness (QED) is 0.828. The molecule has 2 N–H and O–H groups in total. The lowest BCUT2D eigenvalue weighted by atomic mass is 10.1. The van der Waals surface area contributed by atoms with E-state index in [1.54, 1.807) is 29.2 Å². The van der Waals surface area contributed by atoms with Crippen LogP contribution in [0, 0.1) is 0 Å². The summed E-state index contributed by atoms with van der Waals surface area (Å²) in [4.78, 5) is 41.4. The maximum absolute atomic E-state index is 12.5. The van der Waals surface area contributed by atoms with Crippen molar-refractivity contribution in [3.63, 3.8) is 0 Å². The Morgan fingerprint density at radius 1 is 1.35 bits per heavy atom. The number of carbonyl (C=O) groups excluding carboxylic acids is 1. The standard InChI is InChI=1S/C16H20N4O3/c1-17-11-5-4-8-19(9-11)14(21)10-20-15(22)12-6-2-3-7-13(12)18-16(20)23/h2-3,6-7,11,17H,4-5,8-10H2,1H3,(H,18,23). The molecule has 1 aliphatic rings. The molecule has 2 aromatic rings. The zero-order chi connectivity index (χ0) is 16.4. The highest BCUT2D eigenvalue weighted by Crippen LogP contribution is 2.10. The van der Waals surface area contributed by atoms with Gasteiger partial charge < -0.3 is 15.2 Å². The Morgan fingerprint density at radius 3 is 2.91 bits per heavy atom. The number of rotatable bonds is 3. The van der Waals surface area contributed by atoms with Gasteiger partial charge in [-0.2, -0.15) is 0 Å². The summed E-state index contributed by atoms with van der Waals surface area (Å²) in [5.74, 6) is -0.201. The summed E-state index contributed by atoms with van der Waals surface area (Å²) in [5, 5.41) is 3.58. The van der Waals surface area contributed by atoms with Crippen LogP contribution in [0.1, 0.15) is 12.8 Å². The molecule has 1 aliphatic heterocycles. The van der Waals surface area contributed by atoms with Gasteiger partial charge in [0, 0.05) is 19.1 Å². The number of likely N-dealkylation sites (N-methyl/N-ethyl adjacent to an activating group) is 1. The lowest BCUT2D eigenvalue weighted by molar-refractivity contribution is -0.133. The van der Waals surface area contributed by atoms with Crippen LogP contribution in [0.3, 0.4) is 0 Å². The number of benzene rings is 1. The van der Waals surface area contributed by atoms with E-state index in [1.165, 1.54) is 0 Å². The fourth-order valence-electron chi connectivity index (χ4n) is 3.02. The summed E-state index contributed by atoms with van der Waals surface area (Å²) in [6.07, 6.45) is 1.94. The maximum atomic E-state index is 12.5. The number of hydrogen-bond acceptors (Lipinski definition) is 4. The van der Waals surface area contributed by atoms with Crippen molar-refractivity contribution in [2.24, 2.45) is 0 Å². The molecule has 0 spiro atoms. The van der Waals surface area contributed by atoms with E-state index in [-0.39, 0.29) is 18.5 Å². The largest absolute Gasteiger partial charge is 0.340 e. The smallest absolute Gasteiger partial charge is 0.329 e. The van der Waals surface area contributed by atoms with Crippen molar-refractivity contribution in [1.29, 1.82) is 0 Å². The van der Waals surface area contributed by atoms with E-state index in [4.69, 9.17) is 0 Å². The minimum atomic E-state index is -0.552. The second-order valence-electron chi connectivity index (χ2n) is 5.83. The maximum Gasteiger partial charge on any atom is 0.329 e. The Balaban J connectivity index is 1.88. The second-order valence-corrected chi connectivity index (χ2v) is 5.83. The van der Waals surface area contributed by atoms with E-state index >= 15 is 0 Å². The van der Waals surface area contributed by atoms with Gasteiger partial charge in [-0.05, 0) is 32.0 Å². The van der Waals surface area contributed by atoms with Gasteiger partial charge in [0.15, 0.2) is 0 Å². The summed E-state index contributed by atoms with van der Waals surface area (Å²) in [6, 6.07) is 7.06. The van der Waals surface area contributed by atoms with E-state index in [0.29, 0.717) is 24.0 Å². The van der Waals surface area contributed by atoms with Crippen LogP contribution < -0.4 is 16.6 Å². The van der Waals surface area contributed by atoms with Gasteiger partial charge in [0.05, 0.1) is 10.9 Å². The molecule has 3 rings (SSSR count). The molecule has 0 saturated carbocycles. The van der Waals surface area contributed by atoms with Crippen molar-refractivity contribution in [3.8, 4) is 0 Å². The van der Waals surface area contributed by atoms with Crippen LogP contribution in [-0.4, -0.2) is 46.5 Å². The third kappa shape index (κ3) is 3.05. The first-order valence-corrected chi connectivity index (χ1v) is 7.77. The number of likely N-dealkylation sites (tertiary alicyclic amines) is 1. The average molecular weight is 316 g/mol. The Hall–Kier alpha value is -2.41. The van der Waals surface area contributed by atoms with Crippen molar-refractivity contribution in [3.05, 3.63) is 45.1 Å². The molecule has 0 aliphatic carbocycles. The second kappa shape index (κ2) is 6.37. The highest BCUT2D eigenvalue weighted by atomic mass is 16.2. The predicted octanol–water partition coefficient (Wildman–Crippen LogP) is -0.0998. The predicted molar refractivity (Wildman–Crippen MR) is 87.5 cm³/mol. The molecule has 1 aromatic heterocycles. The van der Waals surface area contributed by atoms with Crippen molar-refractivity contribution in [2.45, 2.75) is 25.4 Å². The van der Waals surface area contributed by atoms with Crippen LogP contribution in [0.25, 0.3) is 10.9 Å². The fourth-order valence-corrected chi connectivity index (χ4v) is 3.02. The number of nitrogens with one attached hydrogen (secondary N) is 2. The van der Waals surface area contributed by atoms with Gasteiger partial charge in [0.25, 0.3) is 5.56 Å². The van der Waals surface area contributed by atoms with Gasteiger partial charge >= 0.3 is 5.69 Å². The van der Waals surface area contributed by atoms with Crippen LogP contribution in [0.5, 0.6) is 0 Å². The number of hydrogen-bond donors (Lipinski definition) is 2. The number of para-hydroxylation sites is 1. The summed E-state index contributed by atoms with van der Waals surface area (Å²) >= 11 is 0. The van der Waals surface area contributed by atoms with Crippen LogP contribution in [-0.2, 0) is 11.3 Å². The fraction of sp³-hybridized carbons (Fsp3) is 0.438. The number of amides is 1. The third-order valence-corrected chi connectivity index (χ3v) is 4.37. The van der Waals surface area contributed by atoms with E-state index in [0.717, 1.165) is 17.4 Å². The molecule has 7 heteroatoms. The van der Waals surface area contributed by atoms with Gasteiger partial charge in [-0.3, -0.25) is 14.2 Å². The number of nitrogens with zero attached hydrogens (tertiary/aromatic N) is 2. The summed E-state index contributed by atoms with van der Waals surface area (Å²) < 4.78 is 0.980. The minimum absolute atomic E-state index is 0.201. The van der Waals surface area contributed by atoms with Gasteiger partial charge in [-0.1, -0.05) is 12.1 Å². The first-order chi connectivity index (χ1) is 11.1. The Bertz CT molecular complexity index is 839. The Morgan fingerprint density at radius 2 is 2.13 bits per heavy atom. The number of fused-ring (bicyclic) bond motifs is 1. The molecule has 7 nitrogen and oxygen atoms in total. The lowest BCUT2D eigenvalue weighted by Gasteiger charge is -2.32. The Labute approximate surface area is 132 Å². The summed E-state index contributed by atoms with van der Waals surface area (Å²) in [6.45, 7) is 1.04. The van der Waals surface area contributed by atoms with E-state index < -0.39 is 11.2 Å². The normalized spacial score (nSPS) is 18.3. The van der Waals surface area contributed by atoms with Crippen LogP contribution >= 0.6 is 0 Å². The summed E-state index contributed by atoms with van der Waals surface area (Å²) in [7, 11) is 1.87. The number of carbonyl (C=O) groups is 1. The number of aromatic nitrogens is 2. The molecule has 0 bridgehead atoms. The average Bonchev–Trinajstić information content (AvgIpc) is 2.58. The zero-order valence-electron chi connectivity index (χ0n) is 13.0. The van der Waals surface area contributed by atoms with Crippen LogP contribution in [0.15, 0.2) is 33.9 Å². The highest BCUT2D eigenvalue weighted by molar-refractivity contribution is 5.79. The van der Waals surface area contributed by atoms with E-state index in [2.05, 4.69) is 10.3 Å². The third-order valence-electron chi connectivity index (χ3n) is 4.37. The molecule has 1 fully saturated rings. The van der Waals surface area contributed by atoms with Gasteiger partial charge in [0.1, 0.15) is 6.54 Å². The molecule has 2 heterocycles. The zero-order valence-corrected chi connectivity index (χ0v) is 13.0. The molecule has 122 valence electrons.